The van der Waals surface area contributed by atoms with Crippen LogP contribution in [0.1, 0.15) is 71.3 Å². The molecule has 29 heavy (non-hydrogen) atoms. The van der Waals surface area contributed by atoms with Crippen molar-refractivity contribution in [3.05, 3.63) is 47.0 Å². The molecule has 1 aromatic rings. The fraction of sp³-hybridized carbons (Fsp3) is 0.640. The lowest BCUT2D eigenvalue weighted by Gasteiger charge is -2.42. The standard InChI is InChI=1S/C25H38N2O2/c1-19(2)20(3)9-8-16-27-17-14-23(15-18-27)26-24(28)25(29,22-12-7-13-22)21-10-5-4-6-11-21/h4-6,10-11,22-23,29H,7-9,12-18H2,1-3H3,(H,26,28). The monoisotopic (exact) mass is 398 g/mol. The fourth-order valence-corrected chi connectivity index (χ4v) is 4.48. The van der Waals surface area contributed by atoms with Gasteiger partial charge in [-0.3, -0.25) is 4.79 Å². The number of carbonyl (C=O) groups excluding carboxylic acids is 1. The van der Waals surface area contributed by atoms with Crippen LogP contribution in [0.15, 0.2) is 41.5 Å². The first kappa shape index (κ1) is 22.0. The number of aliphatic hydroxyl groups is 1. The van der Waals surface area contributed by atoms with E-state index in [0.29, 0.717) is 0 Å². The van der Waals surface area contributed by atoms with E-state index < -0.39 is 5.60 Å². The van der Waals surface area contributed by atoms with Gasteiger partial charge in [0.15, 0.2) is 5.60 Å². The minimum atomic E-state index is -1.39. The molecule has 1 aromatic carbocycles. The van der Waals surface area contributed by atoms with Crippen LogP contribution in [0.2, 0.25) is 0 Å². The second-order valence-corrected chi connectivity index (χ2v) is 9.23. The molecule has 1 saturated carbocycles. The molecule has 1 saturated heterocycles. The summed E-state index contributed by atoms with van der Waals surface area (Å²) in [6, 6.07) is 9.67. The van der Waals surface area contributed by atoms with Gasteiger partial charge in [-0.05, 0) is 71.4 Å². The van der Waals surface area contributed by atoms with Crippen molar-refractivity contribution < 1.29 is 9.90 Å². The minimum absolute atomic E-state index is 0.0308. The molecule has 4 heteroatoms. The molecule has 1 aliphatic carbocycles. The second-order valence-electron chi connectivity index (χ2n) is 9.23. The maximum atomic E-state index is 13.2. The Morgan fingerprint density at radius 2 is 1.76 bits per heavy atom. The summed E-state index contributed by atoms with van der Waals surface area (Å²) in [5.41, 5.74) is 2.28. The van der Waals surface area contributed by atoms with Gasteiger partial charge in [-0.25, -0.2) is 0 Å². The Bertz CT molecular complexity index is 699. The van der Waals surface area contributed by atoms with Crippen LogP contribution < -0.4 is 5.32 Å². The predicted molar refractivity (Wildman–Crippen MR) is 119 cm³/mol. The number of likely N-dealkylation sites (tertiary alicyclic amines) is 1. The van der Waals surface area contributed by atoms with Gasteiger partial charge >= 0.3 is 0 Å². The molecule has 160 valence electrons. The van der Waals surface area contributed by atoms with Crippen molar-refractivity contribution in [1.29, 1.82) is 0 Å². The molecule has 2 fully saturated rings. The van der Waals surface area contributed by atoms with E-state index in [0.717, 1.165) is 57.3 Å². The van der Waals surface area contributed by atoms with E-state index in [4.69, 9.17) is 0 Å². The Morgan fingerprint density at radius 3 is 2.31 bits per heavy atom. The lowest BCUT2D eigenvalue weighted by molar-refractivity contribution is -0.153. The summed E-state index contributed by atoms with van der Waals surface area (Å²) in [6.07, 6.45) is 7.22. The van der Waals surface area contributed by atoms with Gasteiger partial charge in [0, 0.05) is 25.0 Å². The number of rotatable bonds is 8. The third-order valence-corrected chi connectivity index (χ3v) is 7.06. The van der Waals surface area contributed by atoms with Gasteiger partial charge in [-0.1, -0.05) is 47.9 Å². The Balaban J connectivity index is 1.51. The van der Waals surface area contributed by atoms with Crippen LogP contribution >= 0.6 is 0 Å². The summed E-state index contributed by atoms with van der Waals surface area (Å²) in [5, 5.41) is 14.6. The van der Waals surface area contributed by atoms with Crippen molar-refractivity contribution in [3.63, 3.8) is 0 Å². The molecule has 0 aromatic heterocycles. The highest BCUT2D eigenvalue weighted by atomic mass is 16.3. The van der Waals surface area contributed by atoms with E-state index in [-0.39, 0.29) is 17.9 Å². The molecule has 1 atom stereocenters. The highest BCUT2D eigenvalue weighted by Gasteiger charge is 2.48. The second kappa shape index (κ2) is 9.90. The Hall–Kier alpha value is -1.65. The Kier molecular flexibility index (Phi) is 7.53. The number of benzene rings is 1. The third kappa shape index (κ3) is 5.29. The first-order valence-electron chi connectivity index (χ1n) is 11.4. The summed E-state index contributed by atoms with van der Waals surface area (Å²) in [4.78, 5) is 15.7. The summed E-state index contributed by atoms with van der Waals surface area (Å²) in [7, 11) is 0. The summed E-state index contributed by atoms with van der Waals surface area (Å²) < 4.78 is 0. The van der Waals surface area contributed by atoms with Crippen LogP contribution in [0, 0.1) is 5.92 Å². The average molecular weight is 399 g/mol. The maximum Gasteiger partial charge on any atom is 0.257 e. The van der Waals surface area contributed by atoms with Crippen LogP contribution in [-0.4, -0.2) is 41.6 Å². The molecule has 1 unspecified atom stereocenters. The molecular weight excluding hydrogens is 360 g/mol. The van der Waals surface area contributed by atoms with Crippen molar-refractivity contribution in [2.24, 2.45) is 5.92 Å². The van der Waals surface area contributed by atoms with Gasteiger partial charge < -0.3 is 15.3 Å². The lowest BCUT2D eigenvalue weighted by atomic mass is 9.69. The fourth-order valence-electron chi connectivity index (χ4n) is 4.48. The number of hydrogen-bond donors (Lipinski definition) is 2. The molecule has 0 spiro atoms. The van der Waals surface area contributed by atoms with Crippen molar-refractivity contribution >= 4 is 5.91 Å². The third-order valence-electron chi connectivity index (χ3n) is 7.06. The van der Waals surface area contributed by atoms with E-state index in [2.05, 4.69) is 31.0 Å². The molecule has 4 nitrogen and oxygen atoms in total. The van der Waals surface area contributed by atoms with Gasteiger partial charge in [0.25, 0.3) is 5.91 Å². The first-order valence-corrected chi connectivity index (χ1v) is 11.4. The average Bonchev–Trinajstić information content (AvgIpc) is 2.68. The Morgan fingerprint density at radius 1 is 1.10 bits per heavy atom. The Labute approximate surface area is 176 Å². The number of hydrogen-bond acceptors (Lipinski definition) is 3. The topological polar surface area (TPSA) is 52.6 Å². The quantitative estimate of drug-likeness (QED) is 0.639. The highest BCUT2D eigenvalue weighted by Crippen LogP contribution is 2.42. The number of piperidine rings is 1. The first-order chi connectivity index (χ1) is 13.9. The molecule has 3 rings (SSSR count). The van der Waals surface area contributed by atoms with E-state index in [1.54, 1.807) is 0 Å². The zero-order chi connectivity index (χ0) is 20.9. The molecule has 1 heterocycles. The van der Waals surface area contributed by atoms with Gasteiger partial charge in [0.1, 0.15) is 0 Å². The van der Waals surface area contributed by atoms with Crippen LogP contribution in [0.3, 0.4) is 0 Å². The lowest BCUT2D eigenvalue weighted by Crippen LogP contribution is -2.55. The molecule has 0 bridgehead atoms. The molecule has 2 N–H and O–H groups in total. The molecule has 1 amide bonds. The van der Waals surface area contributed by atoms with E-state index >= 15 is 0 Å². The van der Waals surface area contributed by atoms with E-state index in [1.165, 1.54) is 24.0 Å². The smallest absolute Gasteiger partial charge is 0.257 e. The van der Waals surface area contributed by atoms with Gasteiger partial charge in [-0.2, -0.15) is 0 Å². The summed E-state index contributed by atoms with van der Waals surface area (Å²) in [6.45, 7) is 9.76. The van der Waals surface area contributed by atoms with Crippen LogP contribution in [0.4, 0.5) is 0 Å². The molecule has 0 radical (unpaired) electrons. The van der Waals surface area contributed by atoms with Crippen molar-refractivity contribution in [2.45, 2.75) is 77.4 Å². The van der Waals surface area contributed by atoms with Crippen LogP contribution in [0.5, 0.6) is 0 Å². The number of allylic oxidation sites excluding steroid dienone is 2. The van der Waals surface area contributed by atoms with Gasteiger partial charge in [-0.15, -0.1) is 0 Å². The number of amides is 1. The zero-order valence-electron chi connectivity index (χ0n) is 18.4. The molecular formula is C25H38N2O2. The zero-order valence-corrected chi connectivity index (χ0v) is 18.4. The normalized spacial score (nSPS) is 20.6. The highest BCUT2D eigenvalue weighted by molar-refractivity contribution is 5.87. The SMILES string of the molecule is CC(C)=C(C)CCCN1CCC(NC(=O)C(O)(c2ccccc2)C2CCC2)CC1. The maximum absolute atomic E-state index is 13.2. The number of carbonyl (C=O) groups is 1. The predicted octanol–water partition coefficient (Wildman–Crippen LogP) is 4.39. The van der Waals surface area contributed by atoms with Crippen molar-refractivity contribution in [3.8, 4) is 0 Å². The largest absolute Gasteiger partial charge is 0.375 e. The molecule has 1 aliphatic heterocycles. The van der Waals surface area contributed by atoms with Crippen molar-refractivity contribution in [2.75, 3.05) is 19.6 Å². The summed E-state index contributed by atoms with van der Waals surface area (Å²) in [5.74, 6) is -0.172. The van der Waals surface area contributed by atoms with Crippen LogP contribution in [0.25, 0.3) is 0 Å². The van der Waals surface area contributed by atoms with Gasteiger partial charge in [0.05, 0.1) is 0 Å². The number of nitrogens with zero attached hydrogens (tertiary/aromatic N) is 1. The minimum Gasteiger partial charge on any atom is -0.375 e. The van der Waals surface area contributed by atoms with Crippen LogP contribution in [-0.2, 0) is 10.4 Å². The molecule has 2 aliphatic rings. The summed E-state index contributed by atoms with van der Waals surface area (Å²) >= 11 is 0. The van der Waals surface area contributed by atoms with Crippen molar-refractivity contribution in [1.82, 2.24) is 10.2 Å². The van der Waals surface area contributed by atoms with Gasteiger partial charge in [0.2, 0.25) is 0 Å². The number of nitrogens with one attached hydrogen (secondary N) is 1. The van der Waals surface area contributed by atoms with E-state index in [1.807, 2.05) is 30.3 Å². The van der Waals surface area contributed by atoms with E-state index in [9.17, 15) is 9.90 Å².